The van der Waals surface area contributed by atoms with Crippen LogP contribution in [0.25, 0.3) is 0 Å². The van der Waals surface area contributed by atoms with Crippen molar-refractivity contribution in [3.05, 3.63) is 59.7 Å². The number of imide groups is 1. The second-order valence-electron chi connectivity index (χ2n) is 8.48. The number of amides is 2. The lowest BCUT2D eigenvalue weighted by atomic mass is 10.1. The quantitative estimate of drug-likeness (QED) is 0.345. The molecule has 1 saturated carbocycles. The Labute approximate surface area is 198 Å². The molecule has 8 heteroatoms. The smallest absolute Gasteiger partial charge is 0.338 e. The van der Waals surface area contributed by atoms with Crippen LogP contribution in [0, 0.1) is 0 Å². The first kappa shape index (κ1) is 23.6. The lowest BCUT2D eigenvalue weighted by Crippen LogP contribution is -2.42. The molecule has 4 rings (SSSR count). The highest BCUT2D eigenvalue weighted by atomic mass is 16.5. The van der Waals surface area contributed by atoms with E-state index in [0.717, 1.165) is 30.6 Å². The Morgan fingerprint density at radius 2 is 1.62 bits per heavy atom. The van der Waals surface area contributed by atoms with Crippen molar-refractivity contribution in [3.63, 3.8) is 0 Å². The topological polar surface area (TPSA) is 102 Å². The summed E-state index contributed by atoms with van der Waals surface area (Å²) in [6.07, 6.45) is 4.46. The Morgan fingerprint density at radius 3 is 2.26 bits per heavy atom. The summed E-state index contributed by atoms with van der Waals surface area (Å²) < 4.78 is 10.5. The predicted molar refractivity (Wildman–Crippen MR) is 125 cm³/mol. The molecular formula is C26H28N2O6. The van der Waals surface area contributed by atoms with Crippen LogP contribution in [0.2, 0.25) is 0 Å². The average Bonchev–Trinajstić information content (AvgIpc) is 3.45. The summed E-state index contributed by atoms with van der Waals surface area (Å²) in [6.45, 7) is 2.00. The van der Waals surface area contributed by atoms with Crippen molar-refractivity contribution < 1.29 is 28.7 Å². The zero-order valence-electron chi connectivity index (χ0n) is 19.1. The van der Waals surface area contributed by atoms with Crippen molar-refractivity contribution in [3.8, 4) is 5.75 Å². The van der Waals surface area contributed by atoms with E-state index in [2.05, 4.69) is 5.32 Å². The standard InChI is InChI=1S/C26H28N2O6/c1-2-33-21-13-9-17(10-14-21)23(29)16-34-26(32)18-7-11-20(12-8-18)28-24(30)15-22(25(28)31)27-19-5-3-4-6-19/h7-14,19,22,27H,2-6,15-16H2,1H3. The summed E-state index contributed by atoms with van der Waals surface area (Å²) in [4.78, 5) is 51.1. The third kappa shape index (κ3) is 5.34. The summed E-state index contributed by atoms with van der Waals surface area (Å²) in [5.74, 6) is -0.871. The first-order chi connectivity index (χ1) is 16.5. The number of nitrogens with one attached hydrogen (secondary N) is 1. The molecule has 1 saturated heterocycles. The number of carbonyl (C=O) groups is 4. The van der Waals surface area contributed by atoms with E-state index in [1.54, 1.807) is 36.4 Å². The van der Waals surface area contributed by atoms with Crippen molar-refractivity contribution in [2.75, 3.05) is 18.1 Å². The summed E-state index contributed by atoms with van der Waals surface area (Å²) in [7, 11) is 0. The number of hydrogen-bond acceptors (Lipinski definition) is 7. The maximum Gasteiger partial charge on any atom is 0.338 e. The molecule has 1 atom stereocenters. The number of nitrogens with zero attached hydrogens (tertiary/aromatic N) is 1. The molecule has 2 fully saturated rings. The summed E-state index contributed by atoms with van der Waals surface area (Å²) in [5.41, 5.74) is 1.05. The number of ketones is 1. The summed E-state index contributed by atoms with van der Waals surface area (Å²) >= 11 is 0. The molecule has 2 aromatic rings. The number of benzene rings is 2. The Balaban J connectivity index is 1.32. The number of ether oxygens (including phenoxy) is 2. The third-order valence-electron chi connectivity index (χ3n) is 6.12. The highest BCUT2D eigenvalue weighted by Crippen LogP contribution is 2.26. The van der Waals surface area contributed by atoms with Crippen molar-refractivity contribution in [2.45, 2.75) is 51.1 Å². The second-order valence-corrected chi connectivity index (χ2v) is 8.48. The molecule has 8 nitrogen and oxygen atoms in total. The van der Waals surface area contributed by atoms with Crippen LogP contribution in [0.5, 0.6) is 5.75 Å². The Hall–Kier alpha value is -3.52. The average molecular weight is 465 g/mol. The molecule has 1 aliphatic carbocycles. The van der Waals surface area contributed by atoms with Gasteiger partial charge in [0.1, 0.15) is 5.75 Å². The molecule has 0 aromatic heterocycles. The summed E-state index contributed by atoms with van der Waals surface area (Å²) in [5, 5.41) is 3.31. The number of rotatable bonds is 9. The van der Waals surface area contributed by atoms with Crippen molar-refractivity contribution >= 4 is 29.3 Å². The Kier molecular flexibility index (Phi) is 7.37. The molecule has 178 valence electrons. The monoisotopic (exact) mass is 464 g/mol. The normalized spacial score (nSPS) is 18.4. The minimum absolute atomic E-state index is 0.132. The molecule has 34 heavy (non-hydrogen) atoms. The van der Waals surface area contributed by atoms with Crippen molar-refractivity contribution in [1.29, 1.82) is 0 Å². The van der Waals surface area contributed by atoms with Gasteiger partial charge in [-0.2, -0.15) is 0 Å². The molecule has 1 N–H and O–H groups in total. The van der Waals surface area contributed by atoms with Gasteiger partial charge in [0.2, 0.25) is 5.91 Å². The zero-order chi connectivity index (χ0) is 24.1. The molecule has 0 radical (unpaired) electrons. The first-order valence-electron chi connectivity index (χ1n) is 11.6. The van der Waals surface area contributed by atoms with Gasteiger partial charge in [0.05, 0.1) is 30.3 Å². The molecule has 2 amide bonds. The molecule has 1 heterocycles. The van der Waals surface area contributed by atoms with E-state index in [0.29, 0.717) is 23.6 Å². The molecule has 1 unspecified atom stereocenters. The Morgan fingerprint density at radius 1 is 0.971 bits per heavy atom. The van der Waals surface area contributed by atoms with Crippen molar-refractivity contribution in [2.24, 2.45) is 0 Å². The predicted octanol–water partition coefficient (Wildman–Crippen LogP) is 3.29. The van der Waals surface area contributed by atoms with Crippen LogP contribution >= 0.6 is 0 Å². The molecule has 0 bridgehead atoms. The van der Waals surface area contributed by atoms with Crippen LogP contribution in [0.3, 0.4) is 0 Å². The van der Waals surface area contributed by atoms with Gasteiger partial charge in [0.15, 0.2) is 12.4 Å². The maximum absolute atomic E-state index is 12.8. The molecular weight excluding hydrogens is 436 g/mol. The number of esters is 1. The van der Waals surface area contributed by atoms with Gasteiger partial charge in [-0.3, -0.25) is 14.4 Å². The van der Waals surface area contributed by atoms with Crippen LogP contribution in [0.15, 0.2) is 48.5 Å². The lowest BCUT2D eigenvalue weighted by molar-refractivity contribution is -0.121. The molecule has 2 aromatic carbocycles. The van der Waals surface area contributed by atoms with E-state index in [1.165, 1.54) is 12.1 Å². The van der Waals surface area contributed by atoms with E-state index in [1.807, 2.05) is 6.92 Å². The number of hydrogen-bond donors (Lipinski definition) is 1. The van der Waals surface area contributed by atoms with Gasteiger partial charge in [0, 0.05) is 11.6 Å². The first-order valence-corrected chi connectivity index (χ1v) is 11.6. The van der Waals surface area contributed by atoms with Gasteiger partial charge < -0.3 is 14.8 Å². The van der Waals surface area contributed by atoms with Crippen LogP contribution in [-0.2, 0) is 14.3 Å². The third-order valence-corrected chi connectivity index (χ3v) is 6.12. The van der Waals surface area contributed by atoms with Crippen LogP contribution < -0.4 is 15.0 Å². The minimum Gasteiger partial charge on any atom is -0.494 e. The van der Waals surface area contributed by atoms with Gasteiger partial charge in [-0.05, 0) is 68.3 Å². The van der Waals surface area contributed by atoms with Gasteiger partial charge in [-0.15, -0.1) is 0 Å². The fraction of sp³-hybridized carbons (Fsp3) is 0.385. The largest absolute Gasteiger partial charge is 0.494 e. The zero-order valence-corrected chi connectivity index (χ0v) is 19.1. The fourth-order valence-corrected chi connectivity index (χ4v) is 4.36. The van der Waals surface area contributed by atoms with E-state index in [-0.39, 0.29) is 35.6 Å². The number of Topliss-reactive ketones (excluding diaryl/α,β-unsaturated/α-hetero) is 1. The van der Waals surface area contributed by atoms with E-state index >= 15 is 0 Å². The SMILES string of the molecule is CCOc1ccc(C(=O)COC(=O)c2ccc(N3C(=O)CC(NC4CCCC4)C3=O)cc2)cc1. The lowest BCUT2D eigenvalue weighted by Gasteiger charge is -2.18. The van der Waals surface area contributed by atoms with E-state index < -0.39 is 18.6 Å². The highest BCUT2D eigenvalue weighted by Gasteiger charge is 2.40. The molecule has 1 aliphatic heterocycles. The highest BCUT2D eigenvalue weighted by molar-refractivity contribution is 6.22. The van der Waals surface area contributed by atoms with Gasteiger partial charge >= 0.3 is 5.97 Å². The van der Waals surface area contributed by atoms with E-state index in [4.69, 9.17) is 9.47 Å². The van der Waals surface area contributed by atoms with Crippen LogP contribution in [-0.4, -0.2) is 48.9 Å². The summed E-state index contributed by atoms with van der Waals surface area (Å²) in [6, 6.07) is 12.4. The van der Waals surface area contributed by atoms with Crippen molar-refractivity contribution in [1.82, 2.24) is 5.32 Å². The van der Waals surface area contributed by atoms with Crippen LogP contribution in [0.1, 0.15) is 59.7 Å². The number of anilines is 1. The van der Waals surface area contributed by atoms with Gasteiger partial charge in [-0.1, -0.05) is 12.8 Å². The molecule has 0 spiro atoms. The fourth-order valence-electron chi connectivity index (χ4n) is 4.36. The van der Waals surface area contributed by atoms with E-state index in [9.17, 15) is 19.2 Å². The maximum atomic E-state index is 12.8. The molecule has 2 aliphatic rings. The minimum atomic E-state index is -0.661. The second kappa shape index (κ2) is 10.6. The van der Waals surface area contributed by atoms with Gasteiger partial charge in [0.25, 0.3) is 5.91 Å². The number of carbonyl (C=O) groups excluding carboxylic acids is 4. The Bertz CT molecular complexity index is 1060. The van der Waals surface area contributed by atoms with Gasteiger partial charge in [-0.25, -0.2) is 9.69 Å². The van der Waals surface area contributed by atoms with Crippen LogP contribution in [0.4, 0.5) is 5.69 Å².